The minimum atomic E-state index is 0.369. The van der Waals surface area contributed by atoms with Gasteiger partial charge in [0.15, 0.2) is 0 Å². The van der Waals surface area contributed by atoms with Crippen LogP contribution in [0.3, 0.4) is 0 Å². The zero-order chi connectivity index (χ0) is 25.4. The Kier molecular flexibility index (Phi) is 20.5. The smallest absolute Gasteiger partial charge is 0.0583 e. The van der Waals surface area contributed by atoms with Crippen molar-refractivity contribution in [3.63, 3.8) is 0 Å². The number of hydrogen-bond acceptors (Lipinski definition) is 2. The van der Waals surface area contributed by atoms with Gasteiger partial charge in [-0.3, -0.25) is 0 Å². The highest BCUT2D eigenvalue weighted by Gasteiger charge is 2.21. The molecule has 0 aliphatic rings. The number of ether oxygens (including phenoxy) is 2. The first kappa shape index (κ1) is 34.1. The van der Waals surface area contributed by atoms with E-state index in [1.807, 2.05) is 0 Å². The van der Waals surface area contributed by atoms with Crippen LogP contribution in [0.15, 0.2) is 0 Å². The van der Waals surface area contributed by atoms with Crippen molar-refractivity contribution in [2.24, 2.45) is 41.4 Å². The van der Waals surface area contributed by atoms with Crippen LogP contribution in [0.5, 0.6) is 0 Å². The molecule has 0 aliphatic carbocycles. The molecule has 1 unspecified atom stereocenters. The highest BCUT2D eigenvalue weighted by atomic mass is 16.5. The van der Waals surface area contributed by atoms with Crippen molar-refractivity contribution in [3.05, 3.63) is 0 Å². The first-order valence-corrected chi connectivity index (χ1v) is 13.9. The van der Waals surface area contributed by atoms with Gasteiger partial charge in [-0.1, -0.05) is 83.1 Å². The van der Waals surface area contributed by atoms with Gasteiger partial charge in [0.1, 0.15) is 0 Å². The molecule has 196 valence electrons. The molecule has 0 aromatic carbocycles. The van der Waals surface area contributed by atoms with E-state index in [0.29, 0.717) is 18.3 Å². The van der Waals surface area contributed by atoms with Crippen LogP contribution in [-0.2, 0) is 9.47 Å². The SMILES string of the molecule is CC(C)CC(CC(C)C)OC(CC(C)C)CC(C)C.CC(C)CC(COC(C)C)C(C)C. The second-order valence-electron chi connectivity index (χ2n) is 12.9. The van der Waals surface area contributed by atoms with Gasteiger partial charge in [-0.05, 0) is 87.4 Å². The van der Waals surface area contributed by atoms with Crippen LogP contribution in [0.25, 0.3) is 0 Å². The molecule has 0 spiro atoms. The molecule has 0 saturated carbocycles. The number of rotatable bonds is 16. The molecule has 0 aromatic heterocycles. The summed E-state index contributed by atoms with van der Waals surface area (Å²) < 4.78 is 12.2. The summed E-state index contributed by atoms with van der Waals surface area (Å²) in [6.07, 6.45) is 7.34. The highest BCUT2D eigenvalue weighted by molar-refractivity contribution is 4.70. The normalized spacial score (nSPS) is 13.6. The molecule has 0 N–H and O–H groups in total. The summed E-state index contributed by atoms with van der Waals surface area (Å²) >= 11 is 0. The van der Waals surface area contributed by atoms with Crippen molar-refractivity contribution in [2.75, 3.05) is 6.61 Å². The minimum absolute atomic E-state index is 0.369. The Morgan fingerprint density at radius 2 is 0.750 bits per heavy atom. The zero-order valence-corrected chi connectivity index (χ0v) is 24.8. The van der Waals surface area contributed by atoms with Crippen molar-refractivity contribution in [1.82, 2.24) is 0 Å². The fourth-order valence-electron chi connectivity index (χ4n) is 4.24. The van der Waals surface area contributed by atoms with E-state index in [9.17, 15) is 0 Å². The monoisotopic (exact) mass is 456 g/mol. The van der Waals surface area contributed by atoms with Gasteiger partial charge in [-0.25, -0.2) is 0 Å². The predicted octanol–water partition coefficient (Wildman–Crippen LogP) is 9.65. The third-order valence-electron chi connectivity index (χ3n) is 5.68. The third-order valence-corrected chi connectivity index (χ3v) is 5.68. The standard InChI is InChI=1S/C18H38O.C12H26O/c1-13(2)9-17(10-14(3)4)19-18(11-15(5)6)12-16(7)8;1-9(2)7-12(10(3)4)8-13-11(5)6/h13-18H,9-12H2,1-8H3;9-12H,7-8H2,1-6H3. The quantitative estimate of drug-likeness (QED) is 0.230. The molecule has 0 radical (unpaired) electrons. The Balaban J connectivity index is 0. The summed E-state index contributed by atoms with van der Waals surface area (Å²) in [5, 5.41) is 0. The average Bonchev–Trinajstić information content (AvgIpc) is 2.55. The van der Waals surface area contributed by atoms with Gasteiger partial charge in [-0.15, -0.1) is 0 Å². The molecular weight excluding hydrogens is 392 g/mol. The van der Waals surface area contributed by atoms with Crippen LogP contribution in [0.4, 0.5) is 0 Å². The Morgan fingerprint density at radius 3 is 0.969 bits per heavy atom. The summed E-state index contributed by atoms with van der Waals surface area (Å²) in [6, 6.07) is 0. The zero-order valence-electron chi connectivity index (χ0n) is 24.8. The van der Waals surface area contributed by atoms with Crippen LogP contribution < -0.4 is 0 Å². The van der Waals surface area contributed by atoms with Crippen molar-refractivity contribution in [1.29, 1.82) is 0 Å². The Labute approximate surface area is 205 Å². The second-order valence-corrected chi connectivity index (χ2v) is 12.9. The molecule has 0 aliphatic heterocycles. The molecule has 0 aromatic rings. The van der Waals surface area contributed by atoms with E-state index >= 15 is 0 Å². The third kappa shape index (κ3) is 23.1. The lowest BCUT2D eigenvalue weighted by Gasteiger charge is -2.29. The lowest BCUT2D eigenvalue weighted by atomic mass is 9.88. The van der Waals surface area contributed by atoms with Crippen molar-refractivity contribution in [2.45, 2.75) is 147 Å². The Hall–Kier alpha value is -0.0800. The molecule has 32 heavy (non-hydrogen) atoms. The summed E-state index contributed by atoms with van der Waals surface area (Å²) in [5.41, 5.74) is 0. The van der Waals surface area contributed by atoms with E-state index in [4.69, 9.17) is 9.47 Å². The predicted molar refractivity (Wildman–Crippen MR) is 145 cm³/mol. The van der Waals surface area contributed by atoms with E-state index in [2.05, 4.69) is 96.9 Å². The van der Waals surface area contributed by atoms with Crippen LogP contribution >= 0.6 is 0 Å². The maximum absolute atomic E-state index is 6.49. The lowest BCUT2D eigenvalue weighted by Crippen LogP contribution is -2.27. The van der Waals surface area contributed by atoms with Gasteiger partial charge < -0.3 is 9.47 Å². The van der Waals surface area contributed by atoms with Gasteiger partial charge in [0.05, 0.1) is 18.3 Å². The average molecular weight is 457 g/mol. The summed E-state index contributed by atoms with van der Waals surface area (Å²) in [6.45, 7) is 32.7. The van der Waals surface area contributed by atoms with Crippen LogP contribution in [0, 0.1) is 41.4 Å². The summed E-state index contributed by atoms with van der Waals surface area (Å²) in [7, 11) is 0. The Bertz CT molecular complexity index is 354. The molecular formula is C30H64O2. The van der Waals surface area contributed by atoms with Crippen LogP contribution in [-0.4, -0.2) is 24.9 Å². The van der Waals surface area contributed by atoms with Crippen molar-refractivity contribution < 1.29 is 9.47 Å². The summed E-state index contributed by atoms with van der Waals surface area (Å²) in [4.78, 5) is 0. The van der Waals surface area contributed by atoms with E-state index in [1.165, 1.54) is 32.1 Å². The first-order chi connectivity index (χ1) is 14.6. The maximum Gasteiger partial charge on any atom is 0.0583 e. The van der Waals surface area contributed by atoms with E-state index < -0.39 is 0 Å². The van der Waals surface area contributed by atoms with E-state index in [0.717, 1.165) is 48.0 Å². The Morgan fingerprint density at radius 1 is 0.438 bits per heavy atom. The van der Waals surface area contributed by atoms with Gasteiger partial charge >= 0.3 is 0 Å². The van der Waals surface area contributed by atoms with Crippen LogP contribution in [0.1, 0.15) is 129 Å². The second kappa shape index (κ2) is 19.2. The topological polar surface area (TPSA) is 18.5 Å². The van der Waals surface area contributed by atoms with Crippen LogP contribution in [0.2, 0.25) is 0 Å². The minimum Gasteiger partial charge on any atom is -0.378 e. The molecule has 0 amide bonds. The van der Waals surface area contributed by atoms with Gasteiger partial charge in [-0.2, -0.15) is 0 Å². The fraction of sp³-hybridized carbons (Fsp3) is 1.00. The van der Waals surface area contributed by atoms with Gasteiger partial charge in [0, 0.05) is 6.61 Å². The molecule has 2 heteroatoms. The molecule has 0 fully saturated rings. The molecule has 0 bridgehead atoms. The van der Waals surface area contributed by atoms with E-state index in [1.54, 1.807) is 0 Å². The molecule has 2 nitrogen and oxygen atoms in total. The molecule has 0 saturated heterocycles. The first-order valence-electron chi connectivity index (χ1n) is 13.9. The van der Waals surface area contributed by atoms with Crippen molar-refractivity contribution >= 4 is 0 Å². The maximum atomic E-state index is 6.49. The molecule has 0 rings (SSSR count). The molecule has 0 heterocycles. The summed E-state index contributed by atoms with van der Waals surface area (Å²) in [5.74, 6) is 5.14. The lowest BCUT2D eigenvalue weighted by molar-refractivity contribution is -0.0484. The van der Waals surface area contributed by atoms with Gasteiger partial charge in [0.25, 0.3) is 0 Å². The van der Waals surface area contributed by atoms with Crippen molar-refractivity contribution in [3.8, 4) is 0 Å². The largest absolute Gasteiger partial charge is 0.378 e. The fourth-order valence-corrected chi connectivity index (χ4v) is 4.24. The van der Waals surface area contributed by atoms with E-state index in [-0.39, 0.29) is 0 Å². The molecule has 1 atom stereocenters. The van der Waals surface area contributed by atoms with Gasteiger partial charge in [0.2, 0.25) is 0 Å². The number of hydrogen-bond donors (Lipinski definition) is 0. The highest BCUT2D eigenvalue weighted by Crippen LogP contribution is 2.24.